The van der Waals surface area contributed by atoms with Gasteiger partial charge in [0, 0.05) is 15.9 Å². The number of nitrogen functional groups attached to an aromatic ring is 1. The number of nitrogens with one attached hydrogen (secondary N) is 1. The van der Waals surface area contributed by atoms with Crippen LogP contribution in [0.5, 0.6) is 5.75 Å². The van der Waals surface area contributed by atoms with E-state index in [2.05, 4.69) is 4.98 Å². The summed E-state index contributed by atoms with van der Waals surface area (Å²) in [4.78, 5) is 13.9. The molecule has 0 bridgehead atoms. The second-order valence-corrected chi connectivity index (χ2v) is 5.69. The normalized spacial score (nSPS) is 10.8. The van der Waals surface area contributed by atoms with Gasteiger partial charge in [-0.25, -0.2) is 0 Å². The van der Waals surface area contributed by atoms with Crippen LogP contribution < -0.4 is 10.5 Å². The third-order valence-electron chi connectivity index (χ3n) is 3.45. The van der Waals surface area contributed by atoms with Gasteiger partial charge in [0.05, 0.1) is 17.8 Å². The van der Waals surface area contributed by atoms with E-state index in [0.717, 1.165) is 16.6 Å². The van der Waals surface area contributed by atoms with Crippen LogP contribution in [0.1, 0.15) is 11.3 Å². The van der Waals surface area contributed by atoms with E-state index < -0.39 is 5.97 Å². The fourth-order valence-corrected chi connectivity index (χ4v) is 2.59. The summed E-state index contributed by atoms with van der Waals surface area (Å²) in [6.07, 6.45) is -0.0622. The minimum Gasteiger partial charge on any atom is -0.485 e. The molecule has 0 radical (unpaired) electrons. The number of ether oxygens (including phenoxy) is 1. The number of hydrogen-bond donors (Lipinski definition) is 3. The van der Waals surface area contributed by atoms with Crippen molar-refractivity contribution in [2.45, 2.75) is 13.0 Å². The van der Waals surface area contributed by atoms with Crippen molar-refractivity contribution in [2.75, 3.05) is 5.73 Å². The lowest BCUT2D eigenvalue weighted by molar-refractivity contribution is -0.136. The average Bonchev–Trinajstić information content (AvgIpc) is 2.87. The number of nitrogens with two attached hydrogens (primary N) is 1. The first-order valence-electron chi connectivity index (χ1n) is 7.01. The molecule has 0 aliphatic rings. The van der Waals surface area contributed by atoms with Crippen molar-refractivity contribution in [3.8, 4) is 5.75 Å². The van der Waals surface area contributed by atoms with Crippen LogP contribution in [-0.2, 0) is 17.8 Å². The van der Waals surface area contributed by atoms with Crippen LogP contribution >= 0.6 is 11.6 Å². The molecular formula is C17H15ClN2O3. The fraction of sp³-hybridized carbons (Fsp3) is 0.118. The molecule has 0 aliphatic heterocycles. The first-order chi connectivity index (χ1) is 11.0. The van der Waals surface area contributed by atoms with Crippen LogP contribution in [0.4, 0.5) is 5.69 Å². The summed E-state index contributed by atoms with van der Waals surface area (Å²) in [6, 6.07) is 12.6. The van der Waals surface area contributed by atoms with Crippen LogP contribution in [0.2, 0.25) is 5.02 Å². The molecule has 5 nitrogen and oxygen atoms in total. The number of anilines is 1. The summed E-state index contributed by atoms with van der Waals surface area (Å²) >= 11 is 5.97. The topological polar surface area (TPSA) is 88.3 Å². The van der Waals surface area contributed by atoms with Crippen molar-refractivity contribution >= 4 is 34.2 Å². The van der Waals surface area contributed by atoms with Gasteiger partial charge in [0.2, 0.25) is 0 Å². The Kier molecular flexibility index (Phi) is 4.12. The van der Waals surface area contributed by atoms with Gasteiger partial charge in [0.15, 0.2) is 0 Å². The molecule has 23 heavy (non-hydrogen) atoms. The minimum absolute atomic E-state index is 0.0622. The molecule has 0 unspecified atom stereocenters. The number of halogens is 1. The Labute approximate surface area is 137 Å². The molecule has 0 amide bonds. The standard InChI is InChI=1S/C17H15ClN2O3/c18-12-2-3-15-11(7-12)8-13(20-15)9-23-16-4-1-10(5-14(16)19)6-17(21)22/h1-5,7-8,20H,6,9,19H2,(H,21,22). The van der Waals surface area contributed by atoms with Crippen molar-refractivity contribution in [1.82, 2.24) is 4.98 Å². The Morgan fingerprint density at radius 1 is 1.22 bits per heavy atom. The SMILES string of the molecule is Nc1cc(CC(=O)O)ccc1OCc1cc2cc(Cl)ccc2[nH]1. The molecule has 0 aliphatic carbocycles. The summed E-state index contributed by atoms with van der Waals surface area (Å²) in [6.45, 7) is 0.328. The maximum atomic E-state index is 10.7. The quantitative estimate of drug-likeness (QED) is 0.623. The number of H-pyrrole nitrogens is 1. The van der Waals surface area contributed by atoms with Gasteiger partial charge in [0.1, 0.15) is 12.4 Å². The number of carboxylic acid groups (broad SMARTS) is 1. The molecule has 6 heteroatoms. The number of carbonyl (C=O) groups is 1. The first kappa shape index (κ1) is 15.2. The third-order valence-corrected chi connectivity index (χ3v) is 3.69. The monoisotopic (exact) mass is 330 g/mol. The zero-order valence-electron chi connectivity index (χ0n) is 12.2. The highest BCUT2D eigenvalue weighted by Gasteiger charge is 2.07. The molecular weight excluding hydrogens is 316 g/mol. The van der Waals surface area contributed by atoms with Crippen molar-refractivity contribution in [2.24, 2.45) is 0 Å². The number of aliphatic carboxylic acids is 1. The van der Waals surface area contributed by atoms with E-state index in [1.807, 2.05) is 24.3 Å². The summed E-state index contributed by atoms with van der Waals surface area (Å²) in [5.74, 6) is -0.370. The van der Waals surface area contributed by atoms with Crippen molar-refractivity contribution in [1.29, 1.82) is 0 Å². The second-order valence-electron chi connectivity index (χ2n) is 5.26. The lowest BCUT2D eigenvalue weighted by atomic mass is 10.1. The number of aromatic nitrogens is 1. The maximum Gasteiger partial charge on any atom is 0.307 e. The largest absolute Gasteiger partial charge is 0.485 e. The van der Waals surface area contributed by atoms with Gasteiger partial charge in [-0.05, 0) is 42.0 Å². The predicted octanol–water partition coefficient (Wildman–Crippen LogP) is 3.61. The maximum absolute atomic E-state index is 10.7. The van der Waals surface area contributed by atoms with Gasteiger partial charge in [0.25, 0.3) is 0 Å². The Balaban J connectivity index is 1.72. The predicted molar refractivity (Wildman–Crippen MR) is 89.8 cm³/mol. The molecule has 3 rings (SSSR count). The number of hydrogen-bond acceptors (Lipinski definition) is 3. The number of rotatable bonds is 5. The average molecular weight is 331 g/mol. The molecule has 1 aromatic heterocycles. The number of carboxylic acids is 1. The summed E-state index contributed by atoms with van der Waals surface area (Å²) in [5.41, 5.74) is 8.85. The molecule has 0 saturated carbocycles. The molecule has 2 aromatic carbocycles. The van der Waals surface area contributed by atoms with Crippen LogP contribution in [0.3, 0.4) is 0 Å². The van der Waals surface area contributed by atoms with E-state index in [1.165, 1.54) is 0 Å². The van der Waals surface area contributed by atoms with Gasteiger partial charge in [-0.1, -0.05) is 17.7 Å². The minimum atomic E-state index is -0.894. The zero-order chi connectivity index (χ0) is 16.4. The van der Waals surface area contributed by atoms with Gasteiger partial charge in [-0.15, -0.1) is 0 Å². The number of benzene rings is 2. The second kappa shape index (κ2) is 6.22. The molecule has 0 spiro atoms. The number of fused-ring (bicyclic) bond motifs is 1. The molecule has 0 saturated heterocycles. The summed E-state index contributed by atoms with van der Waals surface area (Å²) in [7, 11) is 0. The van der Waals surface area contributed by atoms with E-state index in [4.69, 9.17) is 27.2 Å². The van der Waals surface area contributed by atoms with E-state index in [-0.39, 0.29) is 6.42 Å². The van der Waals surface area contributed by atoms with Gasteiger partial charge in [-0.2, -0.15) is 0 Å². The Bertz CT molecular complexity index is 873. The Morgan fingerprint density at radius 2 is 2.04 bits per heavy atom. The van der Waals surface area contributed by atoms with Gasteiger partial charge in [-0.3, -0.25) is 4.79 Å². The summed E-state index contributed by atoms with van der Waals surface area (Å²) in [5, 5.41) is 10.5. The highest BCUT2D eigenvalue weighted by molar-refractivity contribution is 6.31. The fourth-order valence-electron chi connectivity index (χ4n) is 2.41. The Morgan fingerprint density at radius 3 is 2.78 bits per heavy atom. The number of aromatic amines is 1. The molecule has 1 heterocycles. The van der Waals surface area contributed by atoms with Gasteiger partial charge < -0.3 is 20.6 Å². The lowest BCUT2D eigenvalue weighted by Crippen LogP contribution is -2.03. The highest BCUT2D eigenvalue weighted by Crippen LogP contribution is 2.25. The third kappa shape index (κ3) is 3.57. The van der Waals surface area contributed by atoms with Gasteiger partial charge >= 0.3 is 5.97 Å². The van der Waals surface area contributed by atoms with Crippen molar-refractivity contribution in [3.05, 3.63) is 58.7 Å². The van der Waals surface area contributed by atoms with Crippen molar-refractivity contribution < 1.29 is 14.6 Å². The summed E-state index contributed by atoms with van der Waals surface area (Å²) < 4.78 is 5.71. The van der Waals surface area contributed by atoms with E-state index >= 15 is 0 Å². The molecule has 0 fully saturated rings. The molecule has 118 valence electrons. The smallest absolute Gasteiger partial charge is 0.307 e. The van der Waals surface area contributed by atoms with Crippen molar-refractivity contribution in [3.63, 3.8) is 0 Å². The van der Waals surface area contributed by atoms with Crippen LogP contribution in [0, 0.1) is 0 Å². The van der Waals surface area contributed by atoms with Crippen LogP contribution in [0.25, 0.3) is 10.9 Å². The molecule has 0 atom stereocenters. The first-order valence-corrected chi connectivity index (χ1v) is 7.39. The van der Waals surface area contributed by atoms with E-state index in [0.29, 0.717) is 28.6 Å². The lowest BCUT2D eigenvalue weighted by Gasteiger charge is -2.09. The van der Waals surface area contributed by atoms with E-state index in [9.17, 15) is 4.79 Å². The molecule has 4 N–H and O–H groups in total. The highest BCUT2D eigenvalue weighted by atomic mass is 35.5. The van der Waals surface area contributed by atoms with Crippen LogP contribution in [-0.4, -0.2) is 16.1 Å². The van der Waals surface area contributed by atoms with E-state index in [1.54, 1.807) is 18.2 Å². The van der Waals surface area contributed by atoms with Crippen LogP contribution in [0.15, 0.2) is 42.5 Å². The Hall–Kier alpha value is -2.66. The zero-order valence-corrected chi connectivity index (χ0v) is 12.9. The molecule has 3 aromatic rings.